The van der Waals surface area contributed by atoms with Gasteiger partial charge in [0.25, 0.3) is 0 Å². The second kappa shape index (κ2) is 11.4. The van der Waals surface area contributed by atoms with Crippen molar-refractivity contribution in [3.8, 4) is 11.5 Å². The number of nitrogens with one attached hydrogen (secondary N) is 1. The molecule has 23 heavy (non-hydrogen) atoms. The lowest BCUT2D eigenvalue weighted by Crippen LogP contribution is -2.20. The molecular weight excluding hydrogens is 290 g/mol. The average molecular weight is 317 g/mol. The zero-order chi connectivity index (χ0) is 16.9. The Kier molecular flexibility index (Phi) is 9.29. The Hall–Kier alpha value is -2.23. The van der Waals surface area contributed by atoms with Gasteiger partial charge in [-0.3, -0.25) is 4.79 Å². The highest BCUT2D eigenvalue weighted by atomic mass is 16.5. The monoisotopic (exact) mass is 317 g/mol. The van der Waals surface area contributed by atoms with E-state index in [-0.39, 0.29) is 5.91 Å². The van der Waals surface area contributed by atoms with Gasteiger partial charge < -0.3 is 14.8 Å². The van der Waals surface area contributed by atoms with Gasteiger partial charge in [-0.2, -0.15) is 0 Å². The van der Waals surface area contributed by atoms with Crippen LogP contribution in [0.5, 0.6) is 11.5 Å². The maximum Gasteiger partial charge on any atom is 0.244 e. The quantitative estimate of drug-likeness (QED) is 0.382. The molecule has 0 aliphatic carbocycles. The molecule has 0 radical (unpaired) electrons. The third-order valence-electron chi connectivity index (χ3n) is 3.29. The molecule has 0 saturated heterocycles. The van der Waals surface area contributed by atoms with Crippen LogP contribution in [0.15, 0.2) is 36.9 Å². The molecule has 0 heterocycles. The molecule has 0 unspecified atom stereocenters. The largest absolute Gasteiger partial charge is 0.493 e. The molecule has 1 amide bonds. The van der Waals surface area contributed by atoms with E-state index >= 15 is 0 Å². The van der Waals surface area contributed by atoms with Crippen LogP contribution in [-0.2, 0) is 4.79 Å². The van der Waals surface area contributed by atoms with Crippen LogP contribution in [0.2, 0.25) is 0 Å². The summed E-state index contributed by atoms with van der Waals surface area (Å²) in [4.78, 5) is 11.5. The Morgan fingerprint density at radius 1 is 1.26 bits per heavy atom. The molecule has 4 heteroatoms. The molecular formula is C19H27NO3. The first-order valence-corrected chi connectivity index (χ1v) is 8.09. The number of rotatable bonds is 11. The fraction of sp³-hybridized carbons (Fsp3) is 0.421. The highest BCUT2D eigenvalue weighted by molar-refractivity contribution is 5.91. The molecule has 0 atom stereocenters. The number of amides is 1. The second-order valence-corrected chi connectivity index (χ2v) is 5.19. The number of carbonyl (C=O) groups excluding carboxylic acids is 1. The summed E-state index contributed by atoms with van der Waals surface area (Å²) in [5.74, 6) is 1.26. The zero-order valence-corrected chi connectivity index (χ0v) is 14.1. The fourth-order valence-electron chi connectivity index (χ4n) is 2.02. The van der Waals surface area contributed by atoms with Gasteiger partial charge >= 0.3 is 0 Å². The summed E-state index contributed by atoms with van der Waals surface area (Å²) in [5.41, 5.74) is 0.883. The third-order valence-corrected chi connectivity index (χ3v) is 3.29. The van der Waals surface area contributed by atoms with Crippen molar-refractivity contribution in [2.75, 3.05) is 20.3 Å². The lowest BCUT2D eigenvalue weighted by molar-refractivity contribution is -0.116. The fourth-order valence-corrected chi connectivity index (χ4v) is 2.02. The van der Waals surface area contributed by atoms with Crippen LogP contribution in [-0.4, -0.2) is 26.2 Å². The SMILES string of the molecule is C=CCNC(=O)/C=C/c1ccc(OCCCCCC)c(OC)c1. The third kappa shape index (κ3) is 7.54. The molecule has 0 aliphatic rings. The highest BCUT2D eigenvalue weighted by Gasteiger charge is 2.05. The van der Waals surface area contributed by atoms with Crippen molar-refractivity contribution < 1.29 is 14.3 Å². The number of benzene rings is 1. The van der Waals surface area contributed by atoms with Gasteiger partial charge in [0.2, 0.25) is 5.91 Å². The number of methoxy groups -OCH3 is 1. The van der Waals surface area contributed by atoms with E-state index in [1.807, 2.05) is 18.2 Å². The summed E-state index contributed by atoms with van der Waals surface area (Å²) in [5, 5.41) is 2.69. The van der Waals surface area contributed by atoms with E-state index in [9.17, 15) is 4.79 Å². The summed E-state index contributed by atoms with van der Waals surface area (Å²) in [6.45, 7) is 6.89. The highest BCUT2D eigenvalue weighted by Crippen LogP contribution is 2.28. The van der Waals surface area contributed by atoms with Crippen molar-refractivity contribution in [3.63, 3.8) is 0 Å². The number of unbranched alkanes of at least 4 members (excludes halogenated alkanes) is 3. The molecule has 0 saturated carbocycles. The standard InChI is InChI=1S/C19H27NO3/c1-4-6-7-8-14-23-17-11-9-16(15-18(17)22-3)10-12-19(21)20-13-5-2/h5,9-12,15H,2,4,6-8,13-14H2,1,3H3,(H,20,21)/b12-10+. The van der Waals surface area contributed by atoms with E-state index in [1.54, 1.807) is 19.3 Å². The summed E-state index contributed by atoms with van der Waals surface area (Å²) in [6, 6.07) is 5.64. The van der Waals surface area contributed by atoms with Gasteiger partial charge in [0.05, 0.1) is 13.7 Å². The van der Waals surface area contributed by atoms with E-state index in [0.717, 1.165) is 17.7 Å². The molecule has 126 valence electrons. The minimum Gasteiger partial charge on any atom is -0.493 e. The maximum atomic E-state index is 11.5. The van der Waals surface area contributed by atoms with Gasteiger partial charge in [0, 0.05) is 12.6 Å². The molecule has 0 bridgehead atoms. The van der Waals surface area contributed by atoms with E-state index in [2.05, 4.69) is 18.8 Å². The van der Waals surface area contributed by atoms with Crippen LogP contribution in [0.25, 0.3) is 6.08 Å². The van der Waals surface area contributed by atoms with Crippen LogP contribution in [0.4, 0.5) is 0 Å². The smallest absolute Gasteiger partial charge is 0.244 e. The van der Waals surface area contributed by atoms with Crippen molar-refractivity contribution in [2.24, 2.45) is 0 Å². The van der Waals surface area contributed by atoms with Gasteiger partial charge in [-0.15, -0.1) is 6.58 Å². The summed E-state index contributed by atoms with van der Waals surface area (Å²) in [6.07, 6.45) is 9.54. The first-order valence-electron chi connectivity index (χ1n) is 8.09. The Balaban J connectivity index is 2.59. The van der Waals surface area contributed by atoms with Crippen molar-refractivity contribution >= 4 is 12.0 Å². The minimum atomic E-state index is -0.153. The summed E-state index contributed by atoms with van der Waals surface area (Å²) in [7, 11) is 1.61. The average Bonchev–Trinajstić information content (AvgIpc) is 2.58. The van der Waals surface area contributed by atoms with Gasteiger partial charge in [0.1, 0.15) is 0 Å². The van der Waals surface area contributed by atoms with Crippen molar-refractivity contribution in [3.05, 3.63) is 42.5 Å². The lowest BCUT2D eigenvalue weighted by atomic mass is 10.2. The molecule has 0 spiro atoms. The number of carbonyl (C=O) groups is 1. The molecule has 1 aromatic rings. The molecule has 0 aliphatic heterocycles. The minimum absolute atomic E-state index is 0.153. The van der Waals surface area contributed by atoms with Crippen molar-refractivity contribution in [2.45, 2.75) is 32.6 Å². The lowest BCUT2D eigenvalue weighted by Gasteiger charge is -2.11. The Bertz CT molecular complexity index is 523. The molecule has 1 aromatic carbocycles. The van der Waals surface area contributed by atoms with E-state index in [0.29, 0.717) is 18.9 Å². The van der Waals surface area contributed by atoms with Crippen molar-refractivity contribution in [1.82, 2.24) is 5.32 Å². The normalized spacial score (nSPS) is 10.5. The Morgan fingerprint density at radius 2 is 2.09 bits per heavy atom. The molecule has 0 fully saturated rings. The zero-order valence-electron chi connectivity index (χ0n) is 14.1. The molecule has 4 nitrogen and oxygen atoms in total. The topological polar surface area (TPSA) is 47.6 Å². The predicted molar refractivity (Wildman–Crippen MR) is 94.9 cm³/mol. The van der Waals surface area contributed by atoms with Crippen LogP contribution >= 0.6 is 0 Å². The first kappa shape index (κ1) is 18.8. The van der Waals surface area contributed by atoms with E-state index in [4.69, 9.17) is 9.47 Å². The van der Waals surface area contributed by atoms with Crippen LogP contribution < -0.4 is 14.8 Å². The number of hydrogen-bond donors (Lipinski definition) is 1. The summed E-state index contributed by atoms with van der Waals surface area (Å²) < 4.78 is 11.1. The van der Waals surface area contributed by atoms with E-state index in [1.165, 1.54) is 25.3 Å². The second-order valence-electron chi connectivity index (χ2n) is 5.19. The van der Waals surface area contributed by atoms with Gasteiger partial charge in [-0.05, 0) is 30.2 Å². The Labute approximate surface area is 139 Å². The molecule has 1 rings (SSSR count). The van der Waals surface area contributed by atoms with Crippen LogP contribution in [0, 0.1) is 0 Å². The maximum absolute atomic E-state index is 11.5. The number of hydrogen-bond acceptors (Lipinski definition) is 3. The van der Waals surface area contributed by atoms with Gasteiger partial charge in [-0.1, -0.05) is 38.3 Å². The van der Waals surface area contributed by atoms with Gasteiger partial charge in [0.15, 0.2) is 11.5 Å². The molecule has 1 N–H and O–H groups in total. The van der Waals surface area contributed by atoms with Gasteiger partial charge in [-0.25, -0.2) is 0 Å². The van der Waals surface area contributed by atoms with Crippen LogP contribution in [0.1, 0.15) is 38.2 Å². The summed E-state index contributed by atoms with van der Waals surface area (Å²) >= 11 is 0. The van der Waals surface area contributed by atoms with Crippen LogP contribution in [0.3, 0.4) is 0 Å². The Morgan fingerprint density at radius 3 is 2.78 bits per heavy atom. The van der Waals surface area contributed by atoms with Crippen molar-refractivity contribution in [1.29, 1.82) is 0 Å². The predicted octanol–water partition coefficient (Wildman–Crippen LogP) is 3.97. The number of ether oxygens (including phenoxy) is 2. The molecule has 0 aromatic heterocycles. The first-order chi connectivity index (χ1) is 11.2. The van der Waals surface area contributed by atoms with E-state index < -0.39 is 0 Å².